The zero-order chi connectivity index (χ0) is 14.4. The summed E-state index contributed by atoms with van der Waals surface area (Å²) in [6, 6.07) is 3.51. The SMILES string of the molecule is CCCCN(C)CC1CCN(C(=O)c2ccco2)CC1. The van der Waals surface area contributed by atoms with Crippen molar-refractivity contribution in [1.29, 1.82) is 0 Å². The molecule has 0 aliphatic carbocycles. The molecule has 0 saturated carbocycles. The van der Waals surface area contributed by atoms with Gasteiger partial charge in [-0.25, -0.2) is 0 Å². The highest BCUT2D eigenvalue weighted by Gasteiger charge is 2.25. The second kappa shape index (κ2) is 7.48. The molecule has 0 atom stereocenters. The van der Waals surface area contributed by atoms with Crippen molar-refractivity contribution in [3.05, 3.63) is 24.2 Å². The fourth-order valence-electron chi connectivity index (χ4n) is 2.83. The Kier molecular flexibility index (Phi) is 5.65. The molecule has 0 aromatic carbocycles. The fourth-order valence-corrected chi connectivity index (χ4v) is 2.83. The molecule has 0 spiro atoms. The third kappa shape index (κ3) is 4.10. The van der Waals surface area contributed by atoms with Crippen molar-refractivity contribution < 1.29 is 9.21 Å². The van der Waals surface area contributed by atoms with Crippen LogP contribution in [0.25, 0.3) is 0 Å². The topological polar surface area (TPSA) is 36.7 Å². The van der Waals surface area contributed by atoms with Gasteiger partial charge in [-0.15, -0.1) is 0 Å². The Hall–Kier alpha value is -1.29. The van der Waals surface area contributed by atoms with Crippen molar-refractivity contribution in [3.8, 4) is 0 Å². The van der Waals surface area contributed by atoms with Gasteiger partial charge in [0.1, 0.15) is 0 Å². The Morgan fingerprint density at radius 3 is 2.80 bits per heavy atom. The first-order chi connectivity index (χ1) is 9.70. The van der Waals surface area contributed by atoms with E-state index in [2.05, 4.69) is 18.9 Å². The maximum atomic E-state index is 12.2. The summed E-state index contributed by atoms with van der Waals surface area (Å²) in [6.07, 6.45) is 6.28. The zero-order valence-corrected chi connectivity index (χ0v) is 12.7. The first-order valence-corrected chi connectivity index (χ1v) is 7.72. The van der Waals surface area contributed by atoms with Crippen molar-refractivity contribution in [2.75, 3.05) is 33.2 Å². The number of unbranched alkanes of at least 4 members (excludes halogenated alkanes) is 1. The summed E-state index contributed by atoms with van der Waals surface area (Å²) in [7, 11) is 2.20. The van der Waals surface area contributed by atoms with Crippen LogP contribution < -0.4 is 0 Å². The lowest BCUT2D eigenvalue weighted by atomic mass is 9.96. The maximum absolute atomic E-state index is 12.2. The quantitative estimate of drug-likeness (QED) is 0.803. The third-order valence-corrected chi connectivity index (χ3v) is 4.10. The van der Waals surface area contributed by atoms with E-state index in [-0.39, 0.29) is 5.91 Å². The highest BCUT2D eigenvalue weighted by Crippen LogP contribution is 2.20. The highest BCUT2D eigenvalue weighted by atomic mass is 16.3. The first-order valence-electron chi connectivity index (χ1n) is 7.72. The van der Waals surface area contributed by atoms with E-state index < -0.39 is 0 Å². The van der Waals surface area contributed by atoms with Crippen LogP contribution in [0, 0.1) is 5.92 Å². The highest BCUT2D eigenvalue weighted by molar-refractivity contribution is 5.91. The normalized spacial score (nSPS) is 16.9. The van der Waals surface area contributed by atoms with E-state index in [1.807, 2.05) is 4.90 Å². The number of piperidine rings is 1. The molecule has 1 amide bonds. The summed E-state index contributed by atoms with van der Waals surface area (Å²) in [5.41, 5.74) is 0. The second-order valence-electron chi connectivity index (χ2n) is 5.83. The summed E-state index contributed by atoms with van der Waals surface area (Å²) < 4.78 is 5.18. The summed E-state index contributed by atoms with van der Waals surface area (Å²) in [6.45, 7) is 6.27. The number of hydrogen-bond acceptors (Lipinski definition) is 3. The predicted molar refractivity (Wildman–Crippen MR) is 79.7 cm³/mol. The Bertz CT molecular complexity index is 395. The molecule has 0 radical (unpaired) electrons. The number of carbonyl (C=O) groups excluding carboxylic acids is 1. The van der Waals surface area contributed by atoms with Crippen molar-refractivity contribution in [2.45, 2.75) is 32.6 Å². The van der Waals surface area contributed by atoms with E-state index in [1.165, 1.54) is 19.4 Å². The third-order valence-electron chi connectivity index (χ3n) is 4.10. The monoisotopic (exact) mass is 278 g/mol. The Morgan fingerprint density at radius 1 is 1.45 bits per heavy atom. The average molecular weight is 278 g/mol. The fraction of sp³-hybridized carbons (Fsp3) is 0.688. The van der Waals surface area contributed by atoms with Gasteiger partial charge < -0.3 is 14.2 Å². The van der Waals surface area contributed by atoms with Crippen LogP contribution in [-0.2, 0) is 0 Å². The molecular formula is C16H26N2O2. The van der Waals surface area contributed by atoms with Crippen molar-refractivity contribution >= 4 is 5.91 Å². The van der Waals surface area contributed by atoms with E-state index in [0.29, 0.717) is 5.76 Å². The van der Waals surface area contributed by atoms with Gasteiger partial charge in [0.2, 0.25) is 0 Å². The lowest BCUT2D eigenvalue weighted by Gasteiger charge is -2.33. The smallest absolute Gasteiger partial charge is 0.289 e. The molecule has 0 N–H and O–H groups in total. The average Bonchev–Trinajstić information content (AvgIpc) is 2.99. The van der Waals surface area contributed by atoms with Crippen LogP contribution in [0.4, 0.5) is 0 Å². The van der Waals surface area contributed by atoms with Gasteiger partial charge in [0, 0.05) is 19.6 Å². The van der Waals surface area contributed by atoms with Crippen molar-refractivity contribution in [3.63, 3.8) is 0 Å². The van der Waals surface area contributed by atoms with Crippen molar-refractivity contribution in [1.82, 2.24) is 9.80 Å². The van der Waals surface area contributed by atoms with Gasteiger partial charge >= 0.3 is 0 Å². The molecule has 1 aromatic rings. The van der Waals surface area contributed by atoms with Crippen LogP contribution in [0.1, 0.15) is 43.2 Å². The summed E-state index contributed by atoms with van der Waals surface area (Å²) in [4.78, 5) is 16.5. The van der Waals surface area contributed by atoms with E-state index >= 15 is 0 Å². The van der Waals surface area contributed by atoms with Gasteiger partial charge in [-0.3, -0.25) is 4.79 Å². The standard InChI is InChI=1S/C16H26N2O2/c1-3-4-9-17(2)13-14-7-10-18(11-8-14)16(19)15-6-5-12-20-15/h5-6,12,14H,3-4,7-11,13H2,1-2H3. The molecule has 4 heteroatoms. The molecule has 1 aliphatic rings. The van der Waals surface area contributed by atoms with Crippen LogP contribution in [0.3, 0.4) is 0 Å². The summed E-state index contributed by atoms with van der Waals surface area (Å²) >= 11 is 0. The van der Waals surface area contributed by atoms with Gasteiger partial charge in [-0.2, -0.15) is 0 Å². The number of furan rings is 1. The van der Waals surface area contributed by atoms with Gasteiger partial charge in [-0.05, 0) is 50.9 Å². The molecule has 1 fully saturated rings. The molecule has 2 rings (SSSR count). The Morgan fingerprint density at radius 2 is 2.20 bits per heavy atom. The molecule has 20 heavy (non-hydrogen) atoms. The van der Waals surface area contributed by atoms with Gasteiger partial charge in [0.25, 0.3) is 5.91 Å². The molecule has 1 aromatic heterocycles. The summed E-state index contributed by atoms with van der Waals surface area (Å²) in [5, 5.41) is 0. The minimum Gasteiger partial charge on any atom is -0.459 e. The minimum atomic E-state index is 0.0350. The van der Waals surface area contributed by atoms with E-state index in [9.17, 15) is 4.79 Å². The molecule has 2 heterocycles. The molecule has 1 saturated heterocycles. The van der Waals surface area contributed by atoms with Crippen LogP contribution in [0.2, 0.25) is 0 Å². The van der Waals surface area contributed by atoms with Crippen LogP contribution in [0.5, 0.6) is 0 Å². The summed E-state index contributed by atoms with van der Waals surface area (Å²) in [5.74, 6) is 1.22. The van der Waals surface area contributed by atoms with Crippen molar-refractivity contribution in [2.24, 2.45) is 5.92 Å². The van der Waals surface area contributed by atoms with Crippen LogP contribution in [-0.4, -0.2) is 48.9 Å². The molecule has 112 valence electrons. The molecule has 0 bridgehead atoms. The second-order valence-corrected chi connectivity index (χ2v) is 5.83. The maximum Gasteiger partial charge on any atom is 0.289 e. The van der Waals surface area contributed by atoms with E-state index in [1.54, 1.807) is 18.4 Å². The lowest BCUT2D eigenvalue weighted by Crippen LogP contribution is -2.41. The molecular weight excluding hydrogens is 252 g/mol. The van der Waals surface area contributed by atoms with Crippen LogP contribution in [0.15, 0.2) is 22.8 Å². The minimum absolute atomic E-state index is 0.0350. The Balaban J connectivity index is 1.73. The van der Waals surface area contributed by atoms with Crippen LogP contribution >= 0.6 is 0 Å². The molecule has 4 nitrogen and oxygen atoms in total. The number of carbonyl (C=O) groups is 1. The Labute approximate surface area is 121 Å². The number of rotatable bonds is 6. The lowest BCUT2D eigenvalue weighted by molar-refractivity contribution is 0.0641. The number of hydrogen-bond donors (Lipinski definition) is 0. The first kappa shape index (κ1) is 15.1. The predicted octanol–water partition coefficient (Wildman–Crippen LogP) is 2.86. The molecule has 0 unspecified atom stereocenters. The van der Waals surface area contributed by atoms with E-state index in [0.717, 1.165) is 38.4 Å². The van der Waals surface area contributed by atoms with E-state index in [4.69, 9.17) is 4.42 Å². The zero-order valence-electron chi connectivity index (χ0n) is 12.7. The number of likely N-dealkylation sites (tertiary alicyclic amines) is 1. The molecule has 1 aliphatic heterocycles. The van der Waals surface area contributed by atoms with Gasteiger partial charge in [0.15, 0.2) is 5.76 Å². The largest absolute Gasteiger partial charge is 0.459 e. The number of nitrogens with zero attached hydrogens (tertiary/aromatic N) is 2. The van der Waals surface area contributed by atoms with Gasteiger partial charge in [0.05, 0.1) is 6.26 Å². The number of amides is 1. The van der Waals surface area contributed by atoms with Gasteiger partial charge in [-0.1, -0.05) is 13.3 Å².